The minimum Gasteiger partial charge on any atom is -0.339 e. The van der Waals surface area contributed by atoms with Crippen molar-refractivity contribution in [1.29, 1.82) is 0 Å². The normalized spacial score (nSPS) is 27.0. The molecule has 2 nitrogen and oxygen atoms in total. The van der Waals surface area contributed by atoms with E-state index in [0.717, 1.165) is 31.7 Å². The Morgan fingerprint density at radius 1 is 1.20 bits per heavy atom. The highest BCUT2D eigenvalue weighted by atomic mass is 16.2. The predicted molar refractivity (Wildman–Crippen MR) is 84.5 cm³/mol. The Kier molecular flexibility index (Phi) is 5.29. The summed E-state index contributed by atoms with van der Waals surface area (Å²) in [5, 5.41) is 0. The monoisotopic (exact) mass is 277 g/mol. The molecule has 0 bridgehead atoms. The van der Waals surface area contributed by atoms with Gasteiger partial charge in [0.05, 0.1) is 5.41 Å². The average molecular weight is 277 g/mol. The van der Waals surface area contributed by atoms with Gasteiger partial charge >= 0.3 is 0 Å². The second-order valence-electron chi connectivity index (χ2n) is 6.73. The average Bonchev–Trinajstić information content (AvgIpc) is 2.51. The number of hydrogen-bond donors (Lipinski definition) is 0. The Bertz CT molecular complexity index is 343. The van der Waals surface area contributed by atoms with Gasteiger partial charge in [-0.1, -0.05) is 32.8 Å². The summed E-state index contributed by atoms with van der Waals surface area (Å²) in [5.74, 6) is 1.19. The quantitative estimate of drug-likeness (QED) is 0.675. The summed E-state index contributed by atoms with van der Waals surface area (Å²) in [4.78, 5) is 15.5. The molecule has 1 saturated heterocycles. The van der Waals surface area contributed by atoms with E-state index < -0.39 is 0 Å². The number of amides is 1. The molecule has 1 amide bonds. The van der Waals surface area contributed by atoms with Gasteiger partial charge in [-0.2, -0.15) is 0 Å². The third-order valence-electron chi connectivity index (χ3n) is 5.85. The number of hydrogen-bond acceptors (Lipinski definition) is 1. The summed E-state index contributed by atoms with van der Waals surface area (Å²) in [5.41, 5.74) is -0.193. The molecule has 2 rings (SSSR count). The maximum Gasteiger partial charge on any atom is 0.229 e. The van der Waals surface area contributed by atoms with E-state index in [9.17, 15) is 4.79 Å². The molecule has 0 radical (unpaired) electrons. The molecule has 2 fully saturated rings. The summed E-state index contributed by atoms with van der Waals surface area (Å²) in [6, 6.07) is 0.535. The lowest BCUT2D eigenvalue weighted by Crippen LogP contribution is -2.54. The van der Waals surface area contributed by atoms with E-state index in [1.807, 2.05) is 6.08 Å². The number of piperidine rings is 1. The van der Waals surface area contributed by atoms with Crippen LogP contribution in [0.2, 0.25) is 0 Å². The maximum absolute atomic E-state index is 13.2. The van der Waals surface area contributed by atoms with Gasteiger partial charge in [-0.05, 0) is 50.9 Å². The van der Waals surface area contributed by atoms with E-state index in [4.69, 9.17) is 0 Å². The molecule has 1 heterocycles. The minimum atomic E-state index is -0.193. The Balaban J connectivity index is 2.18. The largest absolute Gasteiger partial charge is 0.339 e. The predicted octanol–water partition coefficient (Wildman–Crippen LogP) is 4.55. The second kappa shape index (κ2) is 6.78. The van der Waals surface area contributed by atoms with E-state index in [1.54, 1.807) is 0 Å². The van der Waals surface area contributed by atoms with Crippen molar-refractivity contribution in [2.75, 3.05) is 6.54 Å². The molecule has 1 saturated carbocycles. The number of likely N-dealkylation sites (tertiary alicyclic amines) is 1. The Hall–Kier alpha value is -0.790. The number of fused-ring (bicyclic) bond motifs is 1. The van der Waals surface area contributed by atoms with Crippen LogP contribution >= 0.6 is 0 Å². The van der Waals surface area contributed by atoms with Gasteiger partial charge in [0.2, 0.25) is 5.91 Å². The molecule has 0 aromatic heterocycles. The highest BCUT2D eigenvalue weighted by molar-refractivity contribution is 5.83. The minimum absolute atomic E-state index is 0.193. The first kappa shape index (κ1) is 15.6. The first-order valence-electron chi connectivity index (χ1n) is 8.60. The maximum atomic E-state index is 13.2. The molecule has 2 heteroatoms. The molecule has 1 aliphatic heterocycles. The van der Waals surface area contributed by atoms with Crippen molar-refractivity contribution < 1.29 is 4.79 Å². The van der Waals surface area contributed by atoms with E-state index in [0.29, 0.717) is 11.9 Å². The lowest BCUT2D eigenvalue weighted by Gasteiger charge is -2.47. The molecule has 0 unspecified atom stereocenters. The van der Waals surface area contributed by atoms with Gasteiger partial charge in [-0.3, -0.25) is 4.79 Å². The third kappa shape index (κ3) is 2.80. The van der Waals surface area contributed by atoms with Crippen LogP contribution in [-0.2, 0) is 4.79 Å². The van der Waals surface area contributed by atoms with Crippen LogP contribution < -0.4 is 0 Å². The number of carbonyl (C=O) groups excluding carboxylic acids is 1. The highest BCUT2D eigenvalue weighted by Gasteiger charge is 2.43. The zero-order valence-electron chi connectivity index (χ0n) is 13.4. The first-order valence-corrected chi connectivity index (χ1v) is 8.60. The molecular formula is C18H31NO. The summed E-state index contributed by atoms with van der Waals surface area (Å²) in [6.07, 6.45) is 12.4. The van der Waals surface area contributed by atoms with Gasteiger partial charge in [-0.15, -0.1) is 6.58 Å². The zero-order valence-corrected chi connectivity index (χ0v) is 13.4. The van der Waals surface area contributed by atoms with Crippen LogP contribution in [0.3, 0.4) is 0 Å². The smallest absolute Gasteiger partial charge is 0.229 e. The zero-order chi connectivity index (χ0) is 14.6. The lowest BCUT2D eigenvalue weighted by atomic mass is 9.74. The van der Waals surface area contributed by atoms with Crippen LogP contribution in [0.4, 0.5) is 0 Å². The van der Waals surface area contributed by atoms with Gasteiger partial charge < -0.3 is 4.90 Å². The topological polar surface area (TPSA) is 20.3 Å². The van der Waals surface area contributed by atoms with E-state index >= 15 is 0 Å². The molecule has 20 heavy (non-hydrogen) atoms. The second-order valence-corrected chi connectivity index (χ2v) is 6.73. The van der Waals surface area contributed by atoms with Crippen molar-refractivity contribution in [2.24, 2.45) is 11.3 Å². The Labute approximate surface area is 124 Å². The molecule has 0 aromatic carbocycles. The molecule has 2 atom stereocenters. The molecule has 0 aromatic rings. The van der Waals surface area contributed by atoms with Crippen LogP contribution in [0.5, 0.6) is 0 Å². The molecular weight excluding hydrogens is 246 g/mol. The highest BCUT2D eigenvalue weighted by Crippen LogP contribution is 2.40. The standard InChI is InChI=1S/C18H31NO/c1-4-13-18(5-2,6-3)17(20)19-14-9-11-15-10-7-8-12-16(15)19/h4,15-16H,1,5-14H2,2-3H3/t15-,16+/m1/s1. The number of nitrogens with zero attached hydrogens (tertiary/aromatic N) is 1. The summed E-state index contributed by atoms with van der Waals surface area (Å²) >= 11 is 0. The van der Waals surface area contributed by atoms with Crippen LogP contribution in [0.15, 0.2) is 12.7 Å². The molecule has 2 aliphatic rings. The molecule has 0 spiro atoms. The van der Waals surface area contributed by atoms with Gasteiger partial charge in [0.25, 0.3) is 0 Å². The summed E-state index contributed by atoms with van der Waals surface area (Å²) in [7, 11) is 0. The number of allylic oxidation sites excluding steroid dienone is 1. The van der Waals surface area contributed by atoms with E-state index in [2.05, 4.69) is 25.3 Å². The van der Waals surface area contributed by atoms with E-state index in [1.165, 1.54) is 38.5 Å². The van der Waals surface area contributed by atoms with Gasteiger partial charge in [0, 0.05) is 12.6 Å². The van der Waals surface area contributed by atoms with Crippen molar-refractivity contribution in [3.63, 3.8) is 0 Å². The number of rotatable bonds is 5. The van der Waals surface area contributed by atoms with Crippen LogP contribution in [-0.4, -0.2) is 23.4 Å². The van der Waals surface area contributed by atoms with Crippen molar-refractivity contribution in [3.05, 3.63) is 12.7 Å². The van der Waals surface area contributed by atoms with E-state index in [-0.39, 0.29) is 5.41 Å². The SMILES string of the molecule is C=CCC(CC)(CC)C(=O)N1CCC[C@H]2CCCC[C@@H]21. The lowest BCUT2D eigenvalue weighted by molar-refractivity contribution is -0.149. The fraction of sp³-hybridized carbons (Fsp3) is 0.833. The van der Waals surface area contributed by atoms with Gasteiger partial charge in [0.1, 0.15) is 0 Å². The first-order chi connectivity index (χ1) is 9.68. The van der Waals surface area contributed by atoms with Crippen molar-refractivity contribution in [3.8, 4) is 0 Å². The number of carbonyl (C=O) groups is 1. The fourth-order valence-corrected chi connectivity index (χ4v) is 4.39. The summed E-state index contributed by atoms with van der Waals surface area (Å²) in [6.45, 7) is 9.18. The van der Waals surface area contributed by atoms with Crippen LogP contribution in [0.1, 0.15) is 71.6 Å². The fourth-order valence-electron chi connectivity index (χ4n) is 4.39. The van der Waals surface area contributed by atoms with Crippen LogP contribution in [0.25, 0.3) is 0 Å². The summed E-state index contributed by atoms with van der Waals surface area (Å²) < 4.78 is 0. The van der Waals surface area contributed by atoms with Crippen molar-refractivity contribution in [2.45, 2.75) is 77.7 Å². The Morgan fingerprint density at radius 2 is 1.85 bits per heavy atom. The van der Waals surface area contributed by atoms with Gasteiger partial charge in [0.15, 0.2) is 0 Å². The van der Waals surface area contributed by atoms with Crippen molar-refractivity contribution >= 4 is 5.91 Å². The Morgan fingerprint density at radius 3 is 2.50 bits per heavy atom. The molecule has 1 aliphatic carbocycles. The van der Waals surface area contributed by atoms with Crippen molar-refractivity contribution in [1.82, 2.24) is 4.90 Å². The molecule has 0 N–H and O–H groups in total. The van der Waals surface area contributed by atoms with Gasteiger partial charge in [-0.25, -0.2) is 0 Å². The third-order valence-corrected chi connectivity index (χ3v) is 5.85. The molecule has 114 valence electrons. The van der Waals surface area contributed by atoms with Crippen LogP contribution in [0, 0.1) is 11.3 Å².